The lowest BCUT2D eigenvalue weighted by atomic mass is 10.1. The second-order valence-corrected chi connectivity index (χ2v) is 6.21. The average molecular weight is 356 g/mol. The summed E-state index contributed by atoms with van der Waals surface area (Å²) in [6, 6.07) is 5.11. The van der Waals surface area contributed by atoms with Gasteiger partial charge in [-0.05, 0) is 56.9 Å². The monoisotopic (exact) mass is 356 g/mol. The van der Waals surface area contributed by atoms with Crippen LogP contribution in [0, 0.1) is 0 Å². The predicted octanol–water partition coefficient (Wildman–Crippen LogP) is 3.05. The number of esters is 2. The number of carbonyl (C=O) groups excluding carboxylic acids is 2. The summed E-state index contributed by atoms with van der Waals surface area (Å²) in [7, 11) is 0. The first-order valence-corrected chi connectivity index (χ1v) is 7.75. The Kier molecular flexibility index (Phi) is 5.39. The van der Waals surface area contributed by atoms with Crippen LogP contribution in [0.15, 0.2) is 24.3 Å². The standard InChI is InChI=1S/C17H18F2O6/c1-16(8-2-3-9-16)25-14(21)12-6-4-11(5-7-12)13(20)24-10-17(18,19)15(22)23/h4-7H,2-3,8-10H2,1H3,(H,22,23). The number of carboxylic acid groups (broad SMARTS) is 1. The molecule has 1 aromatic rings. The van der Waals surface area contributed by atoms with E-state index in [9.17, 15) is 23.2 Å². The third-order valence-corrected chi connectivity index (χ3v) is 4.05. The fraction of sp³-hybridized carbons (Fsp3) is 0.471. The highest BCUT2D eigenvalue weighted by molar-refractivity contribution is 5.93. The second-order valence-electron chi connectivity index (χ2n) is 6.21. The topological polar surface area (TPSA) is 89.9 Å². The van der Waals surface area contributed by atoms with Crippen LogP contribution < -0.4 is 0 Å². The minimum absolute atomic E-state index is 0.0789. The summed E-state index contributed by atoms with van der Waals surface area (Å²) >= 11 is 0. The van der Waals surface area contributed by atoms with Crippen molar-refractivity contribution in [3.63, 3.8) is 0 Å². The molecule has 0 unspecified atom stereocenters. The van der Waals surface area contributed by atoms with E-state index in [0.29, 0.717) is 0 Å². The van der Waals surface area contributed by atoms with Crippen molar-refractivity contribution in [2.75, 3.05) is 6.61 Å². The maximum absolute atomic E-state index is 12.9. The molecule has 2 rings (SSSR count). The van der Waals surface area contributed by atoms with Crippen LogP contribution in [0.4, 0.5) is 8.78 Å². The molecule has 8 heteroatoms. The molecule has 1 aromatic carbocycles. The number of hydrogen-bond donors (Lipinski definition) is 1. The number of carboxylic acids is 1. The van der Waals surface area contributed by atoms with E-state index in [1.165, 1.54) is 24.3 Å². The van der Waals surface area contributed by atoms with Crippen molar-refractivity contribution in [1.82, 2.24) is 0 Å². The van der Waals surface area contributed by atoms with Crippen molar-refractivity contribution in [3.05, 3.63) is 35.4 Å². The van der Waals surface area contributed by atoms with Gasteiger partial charge >= 0.3 is 23.8 Å². The summed E-state index contributed by atoms with van der Waals surface area (Å²) in [5.41, 5.74) is -0.345. The highest BCUT2D eigenvalue weighted by atomic mass is 19.3. The molecular formula is C17H18F2O6. The summed E-state index contributed by atoms with van der Waals surface area (Å²) in [5.74, 6) is -8.17. The number of benzene rings is 1. The Morgan fingerprint density at radius 2 is 1.56 bits per heavy atom. The van der Waals surface area contributed by atoms with Crippen LogP contribution in [-0.2, 0) is 14.3 Å². The Morgan fingerprint density at radius 3 is 2.04 bits per heavy atom. The first-order chi connectivity index (χ1) is 11.6. The van der Waals surface area contributed by atoms with Crippen LogP contribution in [0.5, 0.6) is 0 Å². The van der Waals surface area contributed by atoms with Crippen molar-refractivity contribution in [2.45, 2.75) is 44.1 Å². The van der Waals surface area contributed by atoms with Crippen molar-refractivity contribution in [2.24, 2.45) is 0 Å². The number of aliphatic carboxylic acids is 1. The molecule has 0 amide bonds. The van der Waals surface area contributed by atoms with E-state index in [1.807, 2.05) is 6.92 Å². The van der Waals surface area contributed by atoms with E-state index < -0.39 is 36.0 Å². The van der Waals surface area contributed by atoms with Crippen LogP contribution in [-0.4, -0.2) is 41.1 Å². The number of rotatable bonds is 6. The highest BCUT2D eigenvalue weighted by Crippen LogP contribution is 2.33. The van der Waals surface area contributed by atoms with Crippen molar-refractivity contribution < 1.29 is 37.7 Å². The predicted molar refractivity (Wildman–Crippen MR) is 81.6 cm³/mol. The molecule has 136 valence electrons. The zero-order chi connectivity index (χ0) is 18.7. The van der Waals surface area contributed by atoms with Gasteiger partial charge in [-0.3, -0.25) is 0 Å². The molecule has 6 nitrogen and oxygen atoms in total. The Bertz CT molecular complexity index is 662. The molecule has 0 radical (unpaired) electrons. The van der Waals surface area contributed by atoms with Gasteiger partial charge in [0.05, 0.1) is 11.1 Å². The number of alkyl halides is 2. The largest absolute Gasteiger partial charge is 0.477 e. The van der Waals surface area contributed by atoms with Crippen LogP contribution in [0.1, 0.15) is 53.3 Å². The number of ether oxygens (including phenoxy) is 2. The normalized spacial score (nSPS) is 16.3. The van der Waals surface area contributed by atoms with E-state index in [0.717, 1.165) is 25.7 Å². The van der Waals surface area contributed by atoms with Crippen LogP contribution in [0.2, 0.25) is 0 Å². The summed E-state index contributed by atoms with van der Waals surface area (Å²) < 4.78 is 35.5. The van der Waals surface area contributed by atoms with E-state index in [-0.39, 0.29) is 11.1 Å². The molecule has 0 spiro atoms. The Morgan fingerprint density at radius 1 is 1.08 bits per heavy atom. The molecule has 0 heterocycles. The maximum atomic E-state index is 12.9. The van der Waals surface area contributed by atoms with Gasteiger partial charge in [-0.15, -0.1) is 0 Å². The Hall–Kier alpha value is -2.51. The van der Waals surface area contributed by atoms with Gasteiger partial charge in [0.15, 0.2) is 6.61 Å². The molecule has 1 fully saturated rings. The molecule has 1 saturated carbocycles. The quantitative estimate of drug-likeness (QED) is 0.788. The van der Waals surface area contributed by atoms with Crippen LogP contribution >= 0.6 is 0 Å². The van der Waals surface area contributed by atoms with E-state index in [4.69, 9.17) is 9.84 Å². The lowest BCUT2D eigenvalue weighted by Crippen LogP contribution is -2.34. The minimum atomic E-state index is -4.16. The van der Waals surface area contributed by atoms with Gasteiger partial charge in [-0.25, -0.2) is 14.4 Å². The molecule has 1 aliphatic carbocycles. The zero-order valence-electron chi connectivity index (χ0n) is 13.6. The SMILES string of the molecule is CC1(OC(=O)c2ccc(C(=O)OCC(F)(F)C(=O)O)cc2)CCCC1. The van der Waals surface area contributed by atoms with Crippen molar-refractivity contribution >= 4 is 17.9 Å². The Labute approximate surface area is 142 Å². The molecule has 0 atom stereocenters. The van der Waals surface area contributed by atoms with Crippen LogP contribution in [0.3, 0.4) is 0 Å². The molecule has 0 bridgehead atoms. The first-order valence-electron chi connectivity index (χ1n) is 7.75. The minimum Gasteiger partial charge on any atom is -0.477 e. The third kappa shape index (κ3) is 4.74. The van der Waals surface area contributed by atoms with E-state index in [2.05, 4.69) is 4.74 Å². The zero-order valence-corrected chi connectivity index (χ0v) is 13.6. The molecule has 0 aromatic heterocycles. The number of halogens is 2. The molecule has 0 aliphatic heterocycles. The van der Waals surface area contributed by atoms with Gasteiger partial charge in [0.2, 0.25) is 0 Å². The first kappa shape index (κ1) is 18.8. The lowest BCUT2D eigenvalue weighted by molar-refractivity contribution is -0.170. The fourth-order valence-corrected chi connectivity index (χ4v) is 2.55. The molecule has 25 heavy (non-hydrogen) atoms. The number of hydrogen-bond acceptors (Lipinski definition) is 5. The summed E-state index contributed by atoms with van der Waals surface area (Å²) in [6.45, 7) is 0.301. The van der Waals surface area contributed by atoms with Crippen molar-refractivity contribution in [3.8, 4) is 0 Å². The van der Waals surface area contributed by atoms with Gasteiger partial charge in [-0.2, -0.15) is 8.78 Å². The molecule has 0 saturated heterocycles. The summed E-state index contributed by atoms with van der Waals surface area (Å²) in [6.07, 6.45) is 3.58. The van der Waals surface area contributed by atoms with Gasteiger partial charge in [0, 0.05) is 0 Å². The highest BCUT2D eigenvalue weighted by Gasteiger charge is 2.40. The fourth-order valence-electron chi connectivity index (χ4n) is 2.55. The number of carbonyl (C=O) groups is 3. The van der Waals surface area contributed by atoms with Gasteiger partial charge < -0.3 is 14.6 Å². The molecule has 1 N–H and O–H groups in total. The Balaban J connectivity index is 1.96. The van der Waals surface area contributed by atoms with Gasteiger partial charge in [-0.1, -0.05) is 0 Å². The smallest absolute Gasteiger partial charge is 0.378 e. The second kappa shape index (κ2) is 7.16. The lowest BCUT2D eigenvalue weighted by Gasteiger charge is -2.24. The summed E-state index contributed by atoms with van der Waals surface area (Å²) in [5, 5.41) is 8.27. The maximum Gasteiger partial charge on any atom is 0.378 e. The van der Waals surface area contributed by atoms with Crippen molar-refractivity contribution in [1.29, 1.82) is 0 Å². The van der Waals surface area contributed by atoms with Crippen LogP contribution in [0.25, 0.3) is 0 Å². The molecule has 1 aliphatic rings. The molecular weight excluding hydrogens is 338 g/mol. The van der Waals surface area contributed by atoms with E-state index >= 15 is 0 Å². The van der Waals surface area contributed by atoms with Gasteiger partial charge in [0.1, 0.15) is 5.60 Å². The van der Waals surface area contributed by atoms with E-state index in [1.54, 1.807) is 0 Å². The van der Waals surface area contributed by atoms with Gasteiger partial charge in [0.25, 0.3) is 0 Å². The summed E-state index contributed by atoms with van der Waals surface area (Å²) in [4.78, 5) is 34.0. The average Bonchev–Trinajstić information content (AvgIpc) is 2.98. The third-order valence-electron chi connectivity index (χ3n) is 4.05.